The molecule has 1 N–H and O–H groups in total. The summed E-state index contributed by atoms with van der Waals surface area (Å²) in [6.45, 7) is 1.71. The Morgan fingerprint density at radius 2 is 2.14 bits per heavy atom. The van der Waals surface area contributed by atoms with E-state index in [0.717, 1.165) is 29.9 Å². The molecule has 2 fully saturated rings. The second-order valence-corrected chi connectivity index (χ2v) is 7.42. The molecule has 6 nitrogen and oxygen atoms in total. The second-order valence-electron chi connectivity index (χ2n) is 5.45. The molecule has 2 aliphatic rings. The van der Waals surface area contributed by atoms with Gasteiger partial charge in [-0.1, -0.05) is 11.3 Å². The molecule has 2 atom stereocenters. The Balaban J connectivity index is 1.83. The highest BCUT2D eigenvalue weighted by molar-refractivity contribution is 8.00. The Bertz CT molecular complexity index is 634. The lowest BCUT2D eigenvalue weighted by molar-refractivity contribution is -0.149. The van der Waals surface area contributed by atoms with Gasteiger partial charge in [-0.05, 0) is 25.7 Å². The summed E-state index contributed by atoms with van der Waals surface area (Å²) in [5.74, 6) is -0.398. The molecule has 1 amide bonds. The van der Waals surface area contributed by atoms with Gasteiger partial charge in [0, 0.05) is 16.8 Å². The Morgan fingerprint density at radius 3 is 2.67 bits per heavy atom. The van der Waals surface area contributed by atoms with Gasteiger partial charge in [0.25, 0.3) is 0 Å². The van der Waals surface area contributed by atoms with Gasteiger partial charge in [0.15, 0.2) is 0 Å². The quantitative estimate of drug-likeness (QED) is 0.891. The Labute approximate surface area is 129 Å². The average Bonchev–Trinajstić information content (AvgIpc) is 3.11. The van der Waals surface area contributed by atoms with E-state index in [-0.39, 0.29) is 22.7 Å². The van der Waals surface area contributed by atoms with Gasteiger partial charge < -0.3 is 10.0 Å². The molecule has 1 saturated carbocycles. The number of carbonyl (C=O) groups excluding carboxylic acids is 1. The first kappa shape index (κ1) is 14.6. The number of aromatic nitrogens is 1. The van der Waals surface area contributed by atoms with Crippen LogP contribution >= 0.6 is 23.1 Å². The van der Waals surface area contributed by atoms with Gasteiger partial charge in [0.1, 0.15) is 12.6 Å². The molecule has 0 bridgehead atoms. The van der Waals surface area contributed by atoms with Gasteiger partial charge in [0.2, 0.25) is 5.91 Å². The van der Waals surface area contributed by atoms with Crippen LogP contribution in [-0.4, -0.2) is 43.6 Å². The number of carbonyl (C=O) groups is 2. The maximum absolute atomic E-state index is 12.6. The van der Waals surface area contributed by atoms with E-state index in [1.165, 1.54) is 9.47 Å². The van der Waals surface area contributed by atoms with E-state index < -0.39 is 12.0 Å². The predicted octanol–water partition coefficient (Wildman–Crippen LogP) is 0.983. The van der Waals surface area contributed by atoms with Gasteiger partial charge in [-0.2, -0.15) is 0 Å². The molecule has 3 rings (SSSR count). The fourth-order valence-corrected chi connectivity index (χ4v) is 4.98. The van der Waals surface area contributed by atoms with Gasteiger partial charge >= 0.3 is 10.8 Å². The van der Waals surface area contributed by atoms with E-state index in [1.807, 2.05) is 0 Å². The molecule has 1 aromatic rings. The zero-order chi connectivity index (χ0) is 15.1. The SMILES string of the molecule is Cc1csc(=O)n1CC(=O)N1C(C(=O)O)CSC1C1CC1. The molecule has 1 saturated heterocycles. The zero-order valence-electron chi connectivity index (χ0n) is 11.5. The summed E-state index contributed by atoms with van der Waals surface area (Å²) in [5, 5.41) is 11.0. The standard InChI is InChI=1S/C13H16N2O4S2/c1-7-5-21-13(19)14(7)4-10(16)15-9(12(17)18)6-20-11(15)8-2-3-8/h5,8-9,11H,2-4,6H2,1H3,(H,17,18). The number of hydrogen-bond acceptors (Lipinski definition) is 5. The van der Waals surface area contributed by atoms with Crippen molar-refractivity contribution in [2.24, 2.45) is 5.92 Å². The van der Waals surface area contributed by atoms with Crippen LogP contribution in [0.15, 0.2) is 10.2 Å². The van der Waals surface area contributed by atoms with Crippen molar-refractivity contribution in [3.63, 3.8) is 0 Å². The topological polar surface area (TPSA) is 79.6 Å². The fourth-order valence-electron chi connectivity index (χ4n) is 2.59. The summed E-state index contributed by atoms with van der Waals surface area (Å²) in [5.41, 5.74) is 0.736. The van der Waals surface area contributed by atoms with Crippen LogP contribution < -0.4 is 4.87 Å². The van der Waals surface area contributed by atoms with Crippen molar-refractivity contribution >= 4 is 35.0 Å². The molecule has 1 aromatic heterocycles. The number of amides is 1. The zero-order valence-corrected chi connectivity index (χ0v) is 13.2. The first-order chi connectivity index (χ1) is 9.99. The highest BCUT2D eigenvalue weighted by Gasteiger charge is 2.47. The molecular weight excluding hydrogens is 312 g/mol. The lowest BCUT2D eigenvalue weighted by atomic mass is 10.2. The minimum atomic E-state index is -0.964. The van der Waals surface area contributed by atoms with Gasteiger partial charge in [-0.15, -0.1) is 11.8 Å². The van der Waals surface area contributed by atoms with Gasteiger partial charge in [0.05, 0.1) is 5.37 Å². The van der Waals surface area contributed by atoms with E-state index in [9.17, 15) is 19.5 Å². The summed E-state index contributed by atoms with van der Waals surface area (Å²) >= 11 is 2.60. The third kappa shape index (κ3) is 2.74. The van der Waals surface area contributed by atoms with Crippen LogP contribution in [0.4, 0.5) is 0 Å². The Kier molecular flexibility index (Phi) is 3.83. The summed E-state index contributed by atoms with van der Waals surface area (Å²) in [4.78, 5) is 37.0. The fraction of sp³-hybridized carbons (Fsp3) is 0.615. The molecule has 21 heavy (non-hydrogen) atoms. The predicted molar refractivity (Wildman–Crippen MR) is 80.6 cm³/mol. The minimum Gasteiger partial charge on any atom is -0.480 e. The molecule has 0 aromatic carbocycles. The summed E-state index contributed by atoms with van der Waals surface area (Å²) < 4.78 is 1.42. The monoisotopic (exact) mass is 328 g/mol. The summed E-state index contributed by atoms with van der Waals surface area (Å²) in [6.07, 6.45) is 2.09. The largest absolute Gasteiger partial charge is 0.480 e. The smallest absolute Gasteiger partial charge is 0.327 e. The van der Waals surface area contributed by atoms with E-state index in [1.54, 1.807) is 24.1 Å². The number of rotatable bonds is 4. The first-order valence-electron chi connectivity index (χ1n) is 6.79. The second kappa shape index (κ2) is 5.49. The van der Waals surface area contributed by atoms with E-state index >= 15 is 0 Å². The molecule has 1 aliphatic heterocycles. The summed E-state index contributed by atoms with van der Waals surface area (Å²) in [6, 6.07) is -0.775. The van der Waals surface area contributed by atoms with Crippen molar-refractivity contribution in [2.75, 3.05) is 5.75 Å². The highest BCUT2D eigenvalue weighted by atomic mass is 32.2. The van der Waals surface area contributed by atoms with E-state index in [0.29, 0.717) is 11.7 Å². The molecular formula is C13H16N2O4S2. The number of hydrogen-bond donors (Lipinski definition) is 1. The number of carboxylic acid groups (broad SMARTS) is 1. The van der Waals surface area contributed by atoms with Crippen LogP contribution in [0.5, 0.6) is 0 Å². The van der Waals surface area contributed by atoms with E-state index in [2.05, 4.69) is 0 Å². The number of thiazole rings is 1. The maximum Gasteiger partial charge on any atom is 0.327 e. The van der Waals surface area contributed by atoms with Crippen molar-refractivity contribution in [1.29, 1.82) is 0 Å². The van der Waals surface area contributed by atoms with Crippen LogP contribution in [0, 0.1) is 12.8 Å². The highest BCUT2D eigenvalue weighted by Crippen LogP contribution is 2.45. The minimum absolute atomic E-state index is 0.0479. The van der Waals surface area contributed by atoms with Crippen LogP contribution in [0.3, 0.4) is 0 Å². The third-order valence-corrected chi connectivity index (χ3v) is 6.25. The van der Waals surface area contributed by atoms with Crippen molar-refractivity contribution < 1.29 is 14.7 Å². The van der Waals surface area contributed by atoms with Gasteiger partial charge in [-0.25, -0.2) is 4.79 Å². The molecule has 2 heterocycles. The van der Waals surface area contributed by atoms with Crippen LogP contribution in [0.25, 0.3) is 0 Å². The average molecular weight is 328 g/mol. The third-order valence-electron chi connectivity index (χ3n) is 3.90. The van der Waals surface area contributed by atoms with Crippen LogP contribution in [-0.2, 0) is 16.1 Å². The molecule has 114 valence electrons. The Morgan fingerprint density at radius 1 is 1.43 bits per heavy atom. The van der Waals surface area contributed by atoms with Crippen LogP contribution in [0.1, 0.15) is 18.5 Å². The lowest BCUT2D eigenvalue weighted by Gasteiger charge is -2.27. The number of aliphatic carboxylic acids is 1. The molecule has 2 unspecified atom stereocenters. The van der Waals surface area contributed by atoms with Crippen molar-refractivity contribution in [3.05, 3.63) is 20.7 Å². The van der Waals surface area contributed by atoms with E-state index in [4.69, 9.17) is 0 Å². The molecule has 8 heteroatoms. The number of thioether (sulfide) groups is 1. The molecule has 0 spiro atoms. The van der Waals surface area contributed by atoms with Gasteiger partial charge in [-0.3, -0.25) is 14.2 Å². The molecule has 0 radical (unpaired) electrons. The van der Waals surface area contributed by atoms with Crippen molar-refractivity contribution in [1.82, 2.24) is 9.47 Å². The summed E-state index contributed by atoms with van der Waals surface area (Å²) in [7, 11) is 0. The molecule has 1 aliphatic carbocycles. The number of nitrogens with zero attached hydrogens (tertiary/aromatic N) is 2. The first-order valence-corrected chi connectivity index (χ1v) is 8.72. The number of carboxylic acids is 1. The maximum atomic E-state index is 12.6. The van der Waals surface area contributed by atoms with Crippen LogP contribution in [0.2, 0.25) is 0 Å². The normalized spacial score (nSPS) is 25.3. The van der Waals surface area contributed by atoms with Crippen molar-refractivity contribution in [2.45, 2.75) is 37.7 Å². The lowest BCUT2D eigenvalue weighted by Crippen LogP contribution is -2.48. The van der Waals surface area contributed by atoms with Crippen molar-refractivity contribution in [3.8, 4) is 0 Å². The number of aryl methyl sites for hydroxylation is 1. The Hall–Kier alpha value is -1.28.